The van der Waals surface area contributed by atoms with Gasteiger partial charge in [-0.15, -0.1) is 0 Å². The number of esters is 2. The third-order valence-corrected chi connectivity index (χ3v) is 8.09. The summed E-state index contributed by atoms with van der Waals surface area (Å²) in [5, 5.41) is 0. The summed E-state index contributed by atoms with van der Waals surface area (Å²) in [7, 11) is 1.17. The highest BCUT2D eigenvalue weighted by Gasteiger charge is 2.21. The van der Waals surface area contributed by atoms with E-state index in [2.05, 4.69) is 13.8 Å². The Balaban J connectivity index is 4.49. The molecule has 1 unspecified atom stereocenters. The Kier molecular flexibility index (Phi) is 25.8. The minimum Gasteiger partial charge on any atom is -0.756 e. The van der Waals surface area contributed by atoms with Crippen molar-refractivity contribution in [2.24, 2.45) is 0 Å². The highest BCUT2D eigenvalue weighted by atomic mass is 31.2. The lowest BCUT2D eigenvalue weighted by molar-refractivity contribution is -0.870. The lowest BCUT2D eigenvalue weighted by Crippen LogP contribution is -2.37. The van der Waals surface area contributed by atoms with Gasteiger partial charge in [0, 0.05) is 12.8 Å². The van der Waals surface area contributed by atoms with Crippen LogP contribution in [0.5, 0.6) is 0 Å². The van der Waals surface area contributed by atoms with Crippen LogP contribution in [0.25, 0.3) is 0 Å². The first-order valence-corrected chi connectivity index (χ1v) is 18.2. The van der Waals surface area contributed by atoms with E-state index in [0.717, 1.165) is 38.5 Å². The molecule has 0 heterocycles. The number of rotatable bonds is 30. The van der Waals surface area contributed by atoms with Gasteiger partial charge >= 0.3 is 11.9 Å². The fourth-order valence-electron chi connectivity index (χ4n) is 4.42. The van der Waals surface area contributed by atoms with Gasteiger partial charge in [0.05, 0.1) is 27.7 Å². The van der Waals surface area contributed by atoms with E-state index in [0.29, 0.717) is 17.4 Å². The van der Waals surface area contributed by atoms with Crippen LogP contribution in [-0.4, -0.2) is 70.0 Å². The van der Waals surface area contributed by atoms with E-state index in [1.807, 2.05) is 21.1 Å². The second-order valence-corrected chi connectivity index (χ2v) is 14.0. The Morgan fingerprint density at radius 2 is 1.07 bits per heavy atom. The van der Waals surface area contributed by atoms with Gasteiger partial charge in [0.2, 0.25) is 0 Å². The van der Waals surface area contributed by atoms with E-state index in [9.17, 15) is 19.0 Å². The number of phosphoric ester groups is 1. The second-order valence-electron chi connectivity index (χ2n) is 12.5. The molecule has 9 nitrogen and oxygen atoms in total. The number of ether oxygens (including phenoxy) is 2. The number of nitrogens with zero attached hydrogens (tertiary/aromatic N) is 1. The minimum atomic E-state index is -4.60. The molecule has 0 aliphatic heterocycles. The Morgan fingerprint density at radius 3 is 1.52 bits per heavy atom. The van der Waals surface area contributed by atoms with Crippen molar-refractivity contribution >= 4 is 19.8 Å². The topological polar surface area (TPSA) is 111 Å². The maximum atomic E-state index is 12.5. The monoisotopic (exact) mass is 621 g/mol. The van der Waals surface area contributed by atoms with Gasteiger partial charge in [-0.25, -0.2) is 0 Å². The number of hydrogen-bond acceptors (Lipinski definition) is 8. The van der Waals surface area contributed by atoms with Crippen LogP contribution in [0.3, 0.4) is 0 Å². The van der Waals surface area contributed by atoms with Crippen molar-refractivity contribution in [3.05, 3.63) is 0 Å². The third-order valence-electron chi connectivity index (χ3n) is 7.13. The molecule has 0 saturated heterocycles. The molecule has 0 saturated carbocycles. The molecule has 0 aliphatic carbocycles. The number of likely N-dealkylation sites (N-methyl/N-ethyl adjacent to an activating group) is 1. The predicted octanol–water partition coefficient (Wildman–Crippen LogP) is 7.49. The van der Waals surface area contributed by atoms with Crippen LogP contribution in [0.15, 0.2) is 0 Å². The van der Waals surface area contributed by atoms with Crippen molar-refractivity contribution < 1.29 is 42.1 Å². The minimum absolute atomic E-state index is 0.0268. The van der Waals surface area contributed by atoms with Gasteiger partial charge in [-0.05, 0) is 12.8 Å². The van der Waals surface area contributed by atoms with Gasteiger partial charge in [0.1, 0.15) is 19.8 Å². The maximum absolute atomic E-state index is 12.5. The van der Waals surface area contributed by atoms with Crippen LogP contribution in [0.4, 0.5) is 0 Å². The largest absolute Gasteiger partial charge is 0.756 e. The number of quaternary nitrogens is 1. The average Bonchev–Trinajstić information content (AvgIpc) is 2.92. The van der Waals surface area contributed by atoms with Crippen LogP contribution in [0.1, 0.15) is 142 Å². The molecule has 42 heavy (non-hydrogen) atoms. The van der Waals surface area contributed by atoms with E-state index in [-0.39, 0.29) is 32.0 Å². The van der Waals surface area contributed by atoms with Crippen molar-refractivity contribution in [1.82, 2.24) is 0 Å². The normalized spacial score (nSPS) is 14.0. The smallest absolute Gasteiger partial charge is 0.306 e. The van der Waals surface area contributed by atoms with Crippen LogP contribution >= 0.6 is 7.82 Å². The standard InChI is InChI=1S/C32H64NO8P/c1-6-8-10-12-14-16-17-19-20-22-24-31(34)38-28-30(29-40-42(36,37)39-27-26-33(3,4)5)41-32(35)25-23-21-18-15-13-11-9-7-2/h30H,6-29H2,1-5H3/t30-/m1/s1. The molecule has 250 valence electrons. The van der Waals surface area contributed by atoms with Crippen LogP contribution in [-0.2, 0) is 32.7 Å². The average molecular weight is 622 g/mol. The van der Waals surface area contributed by atoms with Crippen molar-refractivity contribution in [3.8, 4) is 0 Å². The highest BCUT2D eigenvalue weighted by molar-refractivity contribution is 7.45. The van der Waals surface area contributed by atoms with E-state index in [4.69, 9.17) is 18.5 Å². The lowest BCUT2D eigenvalue weighted by atomic mass is 10.1. The second kappa shape index (κ2) is 26.4. The molecule has 0 amide bonds. The molecule has 0 rings (SSSR count). The summed E-state index contributed by atoms with van der Waals surface area (Å²) in [4.78, 5) is 37.0. The number of hydrogen-bond donors (Lipinski definition) is 0. The van der Waals surface area contributed by atoms with Gasteiger partial charge in [-0.3, -0.25) is 14.2 Å². The Labute approximate surface area is 257 Å². The third kappa shape index (κ3) is 29.1. The fourth-order valence-corrected chi connectivity index (χ4v) is 5.15. The van der Waals surface area contributed by atoms with E-state index < -0.39 is 26.5 Å². The summed E-state index contributed by atoms with van der Waals surface area (Å²) in [6.45, 7) is 4.15. The summed E-state index contributed by atoms with van der Waals surface area (Å²) >= 11 is 0. The van der Waals surface area contributed by atoms with Crippen molar-refractivity contribution in [2.45, 2.75) is 148 Å². The van der Waals surface area contributed by atoms with Gasteiger partial charge < -0.3 is 27.9 Å². The molecule has 0 bridgehead atoms. The van der Waals surface area contributed by atoms with Crippen molar-refractivity contribution in [1.29, 1.82) is 0 Å². The first-order chi connectivity index (χ1) is 20.0. The number of carbonyl (C=O) groups is 2. The summed E-state index contributed by atoms with van der Waals surface area (Å²) in [6.07, 6.45) is 20.0. The quantitative estimate of drug-likeness (QED) is 0.0351. The Morgan fingerprint density at radius 1 is 0.643 bits per heavy atom. The van der Waals surface area contributed by atoms with E-state index in [1.54, 1.807) is 0 Å². The summed E-state index contributed by atoms with van der Waals surface area (Å²) < 4.78 is 33.5. The first kappa shape index (κ1) is 41.0. The summed E-state index contributed by atoms with van der Waals surface area (Å²) in [5.74, 6) is -0.838. The van der Waals surface area contributed by atoms with Gasteiger partial charge in [0.15, 0.2) is 6.10 Å². The molecular weight excluding hydrogens is 557 g/mol. The molecule has 0 fully saturated rings. The zero-order valence-electron chi connectivity index (χ0n) is 27.7. The van der Waals surface area contributed by atoms with Crippen LogP contribution < -0.4 is 4.89 Å². The number of unbranched alkanes of at least 4 members (excludes halogenated alkanes) is 16. The Hall–Kier alpha value is -0.990. The zero-order valence-corrected chi connectivity index (χ0v) is 28.6. The lowest BCUT2D eigenvalue weighted by Gasteiger charge is -2.28. The van der Waals surface area contributed by atoms with Gasteiger partial charge in [-0.2, -0.15) is 0 Å². The Bertz CT molecular complexity index is 713. The molecule has 0 aromatic heterocycles. The molecule has 0 aromatic carbocycles. The predicted molar refractivity (Wildman–Crippen MR) is 167 cm³/mol. The maximum Gasteiger partial charge on any atom is 0.306 e. The fraction of sp³-hybridized carbons (Fsp3) is 0.938. The van der Waals surface area contributed by atoms with Gasteiger partial charge in [-0.1, -0.05) is 117 Å². The molecule has 0 spiro atoms. The van der Waals surface area contributed by atoms with Crippen LogP contribution in [0, 0.1) is 0 Å². The zero-order chi connectivity index (χ0) is 31.5. The highest BCUT2D eigenvalue weighted by Crippen LogP contribution is 2.38. The molecule has 0 radical (unpaired) electrons. The number of carbonyl (C=O) groups excluding carboxylic acids is 2. The summed E-state index contributed by atoms with van der Waals surface area (Å²) in [5.41, 5.74) is 0. The van der Waals surface area contributed by atoms with E-state index >= 15 is 0 Å². The first-order valence-electron chi connectivity index (χ1n) is 16.7. The van der Waals surface area contributed by atoms with E-state index in [1.165, 1.54) is 70.6 Å². The molecule has 0 aliphatic rings. The van der Waals surface area contributed by atoms with Gasteiger partial charge in [0.25, 0.3) is 7.82 Å². The summed E-state index contributed by atoms with van der Waals surface area (Å²) in [6, 6.07) is 0. The number of phosphoric acid groups is 1. The van der Waals surface area contributed by atoms with Crippen LogP contribution in [0.2, 0.25) is 0 Å². The molecular formula is C32H64NO8P. The SMILES string of the molecule is CCCCCCCCCCCCC(=O)OC[C@H](COP(=O)([O-])OCC[N+](C)(C)C)OC(=O)CCCCCCCCCC. The molecule has 10 heteroatoms. The van der Waals surface area contributed by atoms with Crippen molar-refractivity contribution in [2.75, 3.05) is 47.5 Å². The van der Waals surface area contributed by atoms with Crippen molar-refractivity contribution in [3.63, 3.8) is 0 Å². The molecule has 2 atom stereocenters. The molecule has 0 N–H and O–H groups in total. The molecule has 0 aromatic rings.